The number of fused-ring (bicyclic) bond motifs is 2. The number of rotatable bonds is 30. The van der Waals surface area contributed by atoms with Crippen LogP contribution in [0.1, 0.15) is 177 Å². The van der Waals surface area contributed by atoms with Crippen molar-refractivity contribution < 1.29 is 113 Å². The van der Waals surface area contributed by atoms with Crippen LogP contribution in [0.15, 0.2) is 24.3 Å². The van der Waals surface area contributed by atoms with Gasteiger partial charge < -0.3 is 131 Å². The monoisotopic (exact) mass is 1620 g/mol. The first-order valence-electron chi connectivity index (χ1n) is 39.6. The number of ether oxygens (including phenoxy) is 1. The third kappa shape index (κ3) is 31.8. The Hall–Kier alpha value is -8.80. The predicted octanol–water partition coefficient (Wildman–Crippen LogP) is -6.21. The van der Waals surface area contributed by atoms with Crippen LogP contribution in [0.5, 0.6) is 5.75 Å². The number of carbonyl (C=O) groups excluding carboxylic acids is 14. The number of nitrogens with zero attached hydrogens (tertiary/aromatic N) is 3. The molecular weight excluding hydrogens is 1490 g/mol. The van der Waals surface area contributed by atoms with Gasteiger partial charge in [0.15, 0.2) is 0 Å². The van der Waals surface area contributed by atoms with Crippen LogP contribution in [0.3, 0.4) is 0 Å². The highest BCUT2D eigenvalue weighted by Crippen LogP contribution is 2.25. The average Bonchev–Trinajstić information content (AvgIpc) is 1.62. The van der Waals surface area contributed by atoms with Gasteiger partial charge in [-0.25, -0.2) is 4.79 Å². The molecule has 0 unspecified atom stereocenters. The fraction of sp³-hybridized carbons (Fsp3) is 0.733. The lowest BCUT2D eigenvalue weighted by atomic mass is 9.99. The smallest absolute Gasteiger partial charge is 0.328 e. The number of nitrogens with one attached hydrogen (secondary N) is 10. The van der Waals surface area contributed by atoms with E-state index in [1.165, 1.54) is 52.0 Å². The number of aliphatic hydroxyl groups excluding tert-OH is 7. The number of benzene rings is 1. The van der Waals surface area contributed by atoms with Crippen molar-refractivity contribution >= 4 is 82.8 Å². The number of aromatic hydroxyl groups is 1. The van der Waals surface area contributed by atoms with Gasteiger partial charge in [-0.15, -0.1) is 0 Å². The van der Waals surface area contributed by atoms with Crippen LogP contribution >= 0.6 is 0 Å². The number of phenols is 1. The van der Waals surface area contributed by atoms with E-state index in [9.17, 15) is 108 Å². The van der Waals surface area contributed by atoms with Gasteiger partial charge >= 0.3 is 5.97 Å². The number of amides is 13. The molecule has 3 fully saturated rings. The van der Waals surface area contributed by atoms with Gasteiger partial charge in [0.2, 0.25) is 76.8 Å². The molecule has 0 spiro atoms. The average molecular weight is 1620 g/mol. The van der Waals surface area contributed by atoms with Gasteiger partial charge in [0.1, 0.15) is 78.3 Å². The van der Waals surface area contributed by atoms with Gasteiger partial charge in [0, 0.05) is 52.1 Å². The van der Waals surface area contributed by atoms with Crippen LogP contribution in [0.25, 0.3) is 0 Å². The van der Waals surface area contributed by atoms with Crippen LogP contribution in [-0.2, 0) is 78.3 Å². The van der Waals surface area contributed by atoms with Crippen molar-refractivity contribution in [2.75, 3.05) is 52.4 Å². The van der Waals surface area contributed by atoms with Crippen molar-refractivity contribution in [1.82, 2.24) is 67.9 Å². The summed E-state index contributed by atoms with van der Waals surface area (Å²) in [6.07, 6.45) is -6.05. The quantitative estimate of drug-likeness (QED) is 0.0252. The number of carbonyl (C=O) groups is 14. The van der Waals surface area contributed by atoms with Gasteiger partial charge in [-0.1, -0.05) is 97.1 Å². The van der Waals surface area contributed by atoms with Gasteiger partial charge in [0.25, 0.3) is 0 Å². The van der Waals surface area contributed by atoms with E-state index in [0.717, 1.165) is 83.5 Å². The van der Waals surface area contributed by atoms with E-state index in [0.29, 0.717) is 36.4 Å². The largest absolute Gasteiger partial charge is 0.508 e. The Labute approximate surface area is 664 Å². The Morgan fingerprint density at radius 1 is 0.544 bits per heavy atom. The standard InChI is InChI=1S/C75H126N16O23/c1-9-10-11-12-13-14-15-16-17-18-19-21-49-36-56(101)83-59(42(5)92)69(107)80-41(4)65(103)82-51(34-46-23-25-47(96)26-24-46)66(104)85-58(40(2)3)73(111)91-39-48(97)35-52(91)67(105)86-61(44(7)94)71(109)87-62(45(8)95)74(112)90-31-27-53(98)64(90)72(110)88-63(54(99)37-55(78)100)68(106)79-38-57(102)84-60(43(6)93)70(108)81-50(75(113)114-49)22-20-30-89(32-28-76)33-29-77/h23-26,40-45,48-54,58-64,92-99H,9-22,27-39,76-77H2,1-8H3,(H2,78,100)(H,79,106)(H,80,107)(H,81,108)(H,82,103)(H,83,101)(H,84,102)(H,85,104)(H,86,105)(H,87,109)(H,88,110)/t41-,42-,43-,44-,45-,48-,49-,50+,51+,52+,53+,54-,58+,59+,60-,61+,62+,63+,64+/m1/s1. The number of hydrogen-bond donors (Lipinski definition) is 21. The van der Waals surface area contributed by atoms with Crippen molar-refractivity contribution in [2.45, 2.75) is 293 Å². The normalized spacial score (nSPS) is 27.3. The lowest BCUT2D eigenvalue weighted by Gasteiger charge is -2.34. The van der Waals surface area contributed by atoms with E-state index in [1.807, 2.05) is 4.90 Å². The summed E-state index contributed by atoms with van der Waals surface area (Å²) in [7, 11) is 0. The lowest BCUT2D eigenvalue weighted by Crippen LogP contribution is -2.64. The molecule has 114 heavy (non-hydrogen) atoms. The van der Waals surface area contributed by atoms with E-state index in [2.05, 4.69) is 60.1 Å². The van der Waals surface area contributed by atoms with Crippen molar-refractivity contribution in [3.05, 3.63) is 29.8 Å². The molecule has 39 nitrogen and oxygen atoms in total. The maximum atomic E-state index is 14.8. The van der Waals surface area contributed by atoms with E-state index in [4.69, 9.17) is 21.9 Å². The molecule has 0 saturated carbocycles. The van der Waals surface area contributed by atoms with Crippen molar-refractivity contribution in [1.29, 1.82) is 0 Å². The van der Waals surface area contributed by atoms with Crippen molar-refractivity contribution in [2.24, 2.45) is 23.1 Å². The van der Waals surface area contributed by atoms with Gasteiger partial charge in [-0.2, -0.15) is 0 Å². The van der Waals surface area contributed by atoms with Crippen LogP contribution in [0.2, 0.25) is 0 Å². The third-order valence-electron chi connectivity index (χ3n) is 20.1. The fourth-order valence-electron chi connectivity index (χ4n) is 13.7. The van der Waals surface area contributed by atoms with Gasteiger partial charge in [-0.3, -0.25) is 62.3 Å². The highest BCUT2D eigenvalue weighted by Gasteiger charge is 2.48. The molecule has 1 aromatic rings. The van der Waals surface area contributed by atoms with E-state index in [-0.39, 0.29) is 57.5 Å². The molecule has 644 valence electrons. The summed E-state index contributed by atoms with van der Waals surface area (Å²) in [6, 6.07) is -14.4. The molecule has 0 radical (unpaired) electrons. The number of cyclic esters (lactones) is 1. The summed E-state index contributed by atoms with van der Waals surface area (Å²) in [6.45, 7) is 10.2. The maximum Gasteiger partial charge on any atom is 0.328 e. The molecule has 3 aliphatic rings. The Morgan fingerprint density at radius 2 is 1.04 bits per heavy atom. The van der Waals surface area contributed by atoms with Crippen LogP contribution in [-0.4, -0.2) is 306 Å². The number of unbranched alkanes of at least 4 members (excludes halogenated alkanes) is 10. The van der Waals surface area contributed by atoms with Crippen LogP contribution in [0, 0.1) is 5.92 Å². The van der Waals surface area contributed by atoms with Crippen molar-refractivity contribution in [3.63, 3.8) is 0 Å². The van der Waals surface area contributed by atoms with E-state index >= 15 is 0 Å². The van der Waals surface area contributed by atoms with Crippen molar-refractivity contribution in [3.8, 4) is 5.75 Å². The molecular formula is C75H126N16O23. The first kappa shape index (κ1) is 97.6. The minimum Gasteiger partial charge on any atom is -0.508 e. The molecule has 0 aliphatic carbocycles. The Balaban J connectivity index is 1.84. The number of hydrogen-bond acceptors (Lipinski definition) is 26. The summed E-state index contributed by atoms with van der Waals surface area (Å²) in [5.74, 6) is -17.1. The zero-order chi connectivity index (χ0) is 85.2. The summed E-state index contributed by atoms with van der Waals surface area (Å²) in [4.78, 5) is 202. The van der Waals surface area contributed by atoms with Crippen LogP contribution < -0.4 is 70.4 Å². The SMILES string of the molecule is CCCCCCCCCCCCC[C@@H]1CC(=O)N[C@@H]([C@@H](C)O)C(=O)N[C@H](C)C(=O)N[C@@H](Cc2ccc(O)cc2)C(=O)N[C@@H](C(C)C)C(=O)N2C[C@H](O)C[C@H]2C(=O)N[C@@H]([C@@H](C)O)C(=O)N[C@@H]([C@@H](C)O)C(=O)N2CC[C@H](O)[C@H]2C(=O)N[C@@H]([C@H](O)CC(N)=O)C(=O)NCC(=O)N[C@H]([C@@H](C)O)C(=O)N[C@@H](CCCN(CCN)CCN)C(=O)O1. The maximum absolute atomic E-state index is 14.8. The number of primary amides is 1. The molecule has 3 saturated heterocycles. The summed E-state index contributed by atoms with van der Waals surface area (Å²) < 4.78 is 6.09. The highest BCUT2D eigenvalue weighted by atomic mass is 16.5. The Kier molecular flexibility index (Phi) is 42.1. The number of phenolic OH excluding ortho intramolecular Hbond substituents is 1. The second-order valence-electron chi connectivity index (χ2n) is 30.3. The zero-order valence-electron chi connectivity index (χ0n) is 66.7. The highest BCUT2D eigenvalue weighted by molar-refractivity contribution is 6.00. The number of aliphatic hydroxyl groups is 7. The second kappa shape index (κ2) is 49.2. The van der Waals surface area contributed by atoms with E-state index in [1.54, 1.807) is 0 Å². The molecule has 0 aromatic heterocycles. The first-order chi connectivity index (χ1) is 53.8. The number of esters is 1. The Morgan fingerprint density at radius 3 is 1.60 bits per heavy atom. The van der Waals surface area contributed by atoms with E-state index < -0.39 is 243 Å². The third-order valence-corrected chi connectivity index (χ3v) is 20.1. The summed E-state index contributed by atoms with van der Waals surface area (Å²) >= 11 is 0. The molecule has 4 rings (SSSR count). The molecule has 39 heteroatoms. The van der Waals surface area contributed by atoms with Gasteiger partial charge in [0.05, 0.1) is 62.1 Å². The molecule has 3 aliphatic heterocycles. The molecule has 0 bridgehead atoms. The second-order valence-corrected chi connectivity index (χ2v) is 30.3. The predicted molar refractivity (Wildman–Crippen MR) is 411 cm³/mol. The first-order valence-corrected chi connectivity index (χ1v) is 39.6. The fourth-order valence-corrected chi connectivity index (χ4v) is 13.7. The number of nitrogens with two attached hydrogens (primary N) is 3. The molecule has 19 atom stereocenters. The molecule has 3 heterocycles. The summed E-state index contributed by atoms with van der Waals surface area (Å²) in [5.41, 5.74) is 17.5. The summed E-state index contributed by atoms with van der Waals surface area (Å²) in [5, 5.41) is 112. The Bertz CT molecular complexity index is 3330. The molecule has 13 amide bonds. The minimum atomic E-state index is -2.23. The lowest BCUT2D eigenvalue weighted by molar-refractivity contribution is -0.155. The molecule has 1 aromatic carbocycles. The van der Waals surface area contributed by atoms with Crippen LogP contribution in [0.4, 0.5) is 0 Å². The minimum absolute atomic E-state index is 0.0592. The zero-order valence-corrected chi connectivity index (χ0v) is 66.7. The molecule has 24 N–H and O–H groups in total. The van der Waals surface area contributed by atoms with Gasteiger partial charge in [-0.05, 0) is 96.9 Å². The topological polar surface area (TPSA) is 618 Å².